The maximum Gasteiger partial charge on any atom is 0.315 e. The summed E-state index contributed by atoms with van der Waals surface area (Å²) in [6, 6.07) is -1.02. The van der Waals surface area contributed by atoms with E-state index in [4.69, 9.17) is 5.11 Å². The first kappa shape index (κ1) is 17.2. The lowest BCUT2D eigenvalue weighted by Gasteiger charge is -2.19. The topological polar surface area (TPSA) is 98.7 Å². The Hall–Kier alpha value is -1.79. The quantitative estimate of drug-likeness (QED) is 0.619. The second-order valence-corrected chi connectivity index (χ2v) is 4.85. The van der Waals surface area contributed by atoms with Crippen LogP contribution in [0, 0.1) is 5.92 Å². The van der Waals surface area contributed by atoms with Crippen LogP contribution in [0.3, 0.4) is 0 Å². The molecule has 0 aromatic heterocycles. The largest absolute Gasteiger partial charge is 0.481 e. The zero-order valence-electron chi connectivity index (χ0n) is 11.9. The third kappa shape index (κ3) is 8.01. The maximum atomic E-state index is 11.5. The third-order valence-corrected chi connectivity index (χ3v) is 2.62. The van der Waals surface area contributed by atoms with E-state index in [1.54, 1.807) is 21.0 Å². The number of carboxylic acids is 1. The van der Waals surface area contributed by atoms with Crippen LogP contribution in [0.25, 0.3) is 0 Å². The molecule has 19 heavy (non-hydrogen) atoms. The summed E-state index contributed by atoms with van der Waals surface area (Å²) in [4.78, 5) is 34.8. The van der Waals surface area contributed by atoms with Gasteiger partial charge in [-0.2, -0.15) is 0 Å². The Balaban J connectivity index is 3.92. The highest BCUT2D eigenvalue weighted by Crippen LogP contribution is 2.03. The molecule has 0 aliphatic carbocycles. The van der Waals surface area contributed by atoms with E-state index in [1.165, 1.54) is 4.90 Å². The van der Waals surface area contributed by atoms with Gasteiger partial charge in [-0.25, -0.2) is 4.79 Å². The second kappa shape index (κ2) is 8.34. The number of amides is 3. The Labute approximate surface area is 113 Å². The van der Waals surface area contributed by atoms with Crippen molar-refractivity contribution >= 4 is 17.9 Å². The van der Waals surface area contributed by atoms with Gasteiger partial charge in [0.05, 0.1) is 0 Å². The van der Waals surface area contributed by atoms with Crippen molar-refractivity contribution in [2.24, 2.45) is 5.92 Å². The zero-order chi connectivity index (χ0) is 15.0. The molecule has 3 N–H and O–H groups in total. The van der Waals surface area contributed by atoms with Crippen molar-refractivity contribution in [2.75, 3.05) is 20.6 Å². The van der Waals surface area contributed by atoms with Crippen molar-refractivity contribution in [3.05, 3.63) is 0 Å². The molecule has 0 rings (SSSR count). The van der Waals surface area contributed by atoms with Gasteiger partial charge in [-0.1, -0.05) is 6.92 Å². The summed E-state index contributed by atoms with van der Waals surface area (Å²) in [5, 5.41) is 13.7. The number of carbonyl (C=O) groups excluding carboxylic acids is 2. The van der Waals surface area contributed by atoms with Gasteiger partial charge >= 0.3 is 12.0 Å². The number of carbonyl (C=O) groups is 3. The molecule has 0 saturated heterocycles. The van der Waals surface area contributed by atoms with Crippen LogP contribution in [-0.2, 0) is 9.59 Å². The van der Waals surface area contributed by atoms with Crippen LogP contribution < -0.4 is 10.6 Å². The van der Waals surface area contributed by atoms with E-state index < -0.39 is 18.0 Å². The SMILES string of the molecule is CC(CCC(=O)O)CNC(=O)NC(C)C(=O)N(C)C. The molecule has 0 aromatic rings. The van der Waals surface area contributed by atoms with E-state index in [0.29, 0.717) is 13.0 Å². The van der Waals surface area contributed by atoms with Gasteiger partial charge < -0.3 is 20.6 Å². The van der Waals surface area contributed by atoms with Crippen molar-refractivity contribution in [3.8, 4) is 0 Å². The summed E-state index contributed by atoms with van der Waals surface area (Å²) in [6.45, 7) is 3.84. The molecule has 0 fully saturated rings. The summed E-state index contributed by atoms with van der Waals surface area (Å²) in [7, 11) is 3.23. The van der Waals surface area contributed by atoms with Crippen LogP contribution >= 0.6 is 0 Å². The Kier molecular flexibility index (Phi) is 7.55. The van der Waals surface area contributed by atoms with E-state index in [1.807, 2.05) is 6.92 Å². The molecular formula is C12H23N3O4. The van der Waals surface area contributed by atoms with Crippen LogP contribution in [0.4, 0.5) is 4.79 Å². The first-order valence-electron chi connectivity index (χ1n) is 6.21. The van der Waals surface area contributed by atoms with Crippen molar-refractivity contribution in [3.63, 3.8) is 0 Å². The Morgan fingerprint density at radius 1 is 1.21 bits per heavy atom. The minimum absolute atomic E-state index is 0.0710. The molecular weight excluding hydrogens is 250 g/mol. The highest BCUT2D eigenvalue weighted by Gasteiger charge is 2.17. The van der Waals surface area contributed by atoms with E-state index in [0.717, 1.165) is 0 Å². The highest BCUT2D eigenvalue weighted by molar-refractivity contribution is 5.86. The Morgan fingerprint density at radius 2 is 1.79 bits per heavy atom. The standard InChI is InChI=1S/C12H23N3O4/c1-8(5-6-10(16)17)7-13-12(19)14-9(2)11(18)15(3)4/h8-9H,5-7H2,1-4H3,(H,16,17)(H2,13,14,19). The predicted octanol–water partition coefficient (Wildman–Crippen LogP) is 0.263. The predicted molar refractivity (Wildman–Crippen MR) is 70.7 cm³/mol. The van der Waals surface area contributed by atoms with Gasteiger partial charge in [0, 0.05) is 27.1 Å². The van der Waals surface area contributed by atoms with Gasteiger partial charge in [0.15, 0.2) is 0 Å². The van der Waals surface area contributed by atoms with Gasteiger partial charge in [-0.3, -0.25) is 9.59 Å². The number of nitrogens with one attached hydrogen (secondary N) is 2. The molecule has 0 aliphatic heterocycles. The van der Waals surface area contributed by atoms with E-state index in [-0.39, 0.29) is 18.2 Å². The number of carboxylic acid groups (broad SMARTS) is 1. The molecule has 0 saturated carbocycles. The van der Waals surface area contributed by atoms with Crippen molar-refractivity contribution in [2.45, 2.75) is 32.7 Å². The van der Waals surface area contributed by atoms with Gasteiger partial charge in [0.2, 0.25) is 5.91 Å². The molecule has 110 valence electrons. The van der Waals surface area contributed by atoms with E-state index in [9.17, 15) is 14.4 Å². The summed E-state index contributed by atoms with van der Waals surface area (Å²) in [5.41, 5.74) is 0. The Bertz CT molecular complexity index is 331. The molecule has 2 atom stereocenters. The zero-order valence-corrected chi connectivity index (χ0v) is 11.9. The van der Waals surface area contributed by atoms with E-state index >= 15 is 0 Å². The molecule has 0 radical (unpaired) electrons. The summed E-state index contributed by atoms with van der Waals surface area (Å²) < 4.78 is 0. The van der Waals surface area contributed by atoms with Crippen molar-refractivity contribution in [1.82, 2.24) is 15.5 Å². The normalized spacial score (nSPS) is 13.3. The number of likely N-dealkylation sites (N-methyl/N-ethyl adjacent to an activating group) is 1. The third-order valence-electron chi connectivity index (χ3n) is 2.62. The van der Waals surface area contributed by atoms with Crippen LogP contribution in [0.5, 0.6) is 0 Å². The molecule has 0 bridgehead atoms. The van der Waals surface area contributed by atoms with Crippen molar-refractivity contribution in [1.29, 1.82) is 0 Å². The fraction of sp³-hybridized carbons (Fsp3) is 0.750. The Morgan fingerprint density at radius 3 is 2.26 bits per heavy atom. The molecule has 0 spiro atoms. The number of nitrogens with zero attached hydrogens (tertiary/aromatic N) is 1. The number of hydrogen-bond acceptors (Lipinski definition) is 3. The van der Waals surface area contributed by atoms with Gasteiger partial charge in [-0.05, 0) is 19.3 Å². The van der Waals surface area contributed by atoms with Crippen LogP contribution in [-0.4, -0.2) is 54.6 Å². The molecule has 0 aromatic carbocycles. The number of urea groups is 1. The first-order valence-corrected chi connectivity index (χ1v) is 6.21. The van der Waals surface area contributed by atoms with Gasteiger partial charge in [-0.15, -0.1) is 0 Å². The minimum atomic E-state index is -0.846. The molecule has 7 heteroatoms. The van der Waals surface area contributed by atoms with E-state index in [2.05, 4.69) is 10.6 Å². The number of aliphatic carboxylic acids is 1. The van der Waals surface area contributed by atoms with Gasteiger partial charge in [0.25, 0.3) is 0 Å². The molecule has 3 amide bonds. The number of rotatable bonds is 7. The summed E-state index contributed by atoms with van der Waals surface area (Å²) >= 11 is 0. The minimum Gasteiger partial charge on any atom is -0.481 e. The average Bonchev–Trinajstić information content (AvgIpc) is 2.32. The lowest BCUT2D eigenvalue weighted by atomic mass is 10.1. The van der Waals surface area contributed by atoms with Crippen LogP contribution in [0.2, 0.25) is 0 Å². The average molecular weight is 273 g/mol. The monoisotopic (exact) mass is 273 g/mol. The maximum absolute atomic E-state index is 11.5. The molecule has 2 unspecified atom stereocenters. The van der Waals surface area contributed by atoms with Crippen LogP contribution in [0.1, 0.15) is 26.7 Å². The second-order valence-electron chi connectivity index (χ2n) is 4.85. The summed E-state index contributed by atoms with van der Waals surface area (Å²) in [6.07, 6.45) is 0.585. The summed E-state index contributed by atoms with van der Waals surface area (Å²) in [5.74, 6) is -0.961. The van der Waals surface area contributed by atoms with Crippen LogP contribution in [0.15, 0.2) is 0 Å². The highest BCUT2D eigenvalue weighted by atomic mass is 16.4. The van der Waals surface area contributed by atoms with Gasteiger partial charge in [0.1, 0.15) is 6.04 Å². The lowest BCUT2D eigenvalue weighted by molar-refractivity contribution is -0.137. The first-order chi connectivity index (χ1) is 8.73. The molecule has 0 aliphatic rings. The molecule has 7 nitrogen and oxygen atoms in total. The molecule has 0 heterocycles. The lowest BCUT2D eigenvalue weighted by Crippen LogP contribution is -2.48. The van der Waals surface area contributed by atoms with Crippen molar-refractivity contribution < 1.29 is 19.5 Å². The number of hydrogen-bond donors (Lipinski definition) is 3. The fourth-order valence-corrected chi connectivity index (χ4v) is 1.44. The fourth-order valence-electron chi connectivity index (χ4n) is 1.44. The smallest absolute Gasteiger partial charge is 0.315 e.